The molecule has 0 aliphatic heterocycles. The minimum atomic E-state index is -0.657. The van der Waals surface area contributed by atoms with Gasteiger partial charge in [-0.25, -0.2) is 0 Å². The lowest BCUT2D eigenvalue weighted by atomic mass is 10.0. The van der Waals surface area contributed by atoms with Gasteiger partial charge in [-0.2, -0.15) is 0 Å². The molecular weight excluding hydrogens is 208 g/mol. The highest BCUT2D eigenvalue weighted by molar-refractivity contribution is 7.03. The van der Waals surface area contributed by atoms with E-state index in [-0.39, 0.29) is 0 Å². The number of benzene rings is 1. The Bertz CT molecular complexity index is 428. The van der Waals surface area contributed by atoms with Crippen LogP contribution >= 0.6 is 11.5 Å². The van der Waals surface area contributed by atoms with E-state index in [2.05, 4.69) is 22.6 Å². The summed E-state index contributed by atoms with van der Waals surface area (Å²) >= 11 is 1.25. The molecule has 1 unspecified atom stereocenters. The molecule has 0 fully saturated rings. The molecule has 1 N–H and O–H groups in total. The summed E-state index contributed by atoms with van der Waals surface area (Å²) in [7, 11) is 0. The van der Waals surface area contributed by atoms with Crippen LogP contribution in [0.1, 0.15) is 29.8 Å². The molecule has 78 valence electrons. The predicted octanol–water partition coefficient (Wildman–Crippen LogP) is 2.18. The fraction of sp³-hybridized carbons (Fsp3) is 0.273. The average Bonchev–Trinajstić information content (AvgIpc) is 2.81. The van der Waals surface area contributed by atoms with Crippen molar-refractivity contribution in [2.45, 2.75) is 19.4 Å². The molecule has 0 bridgehead atoms. The zero-order valence-corrected chi connectivity index (χ0v) is 9.24. The lowest BCUT2D eigenvalue weighted by molar-refractivity contribution is 0.215. The number of aromatic nitrogens is 2. The molecule has 1 aromatic heterocycles. The van der Waals surface area contributed by atoms with Gasteiger partial charge in [-0.05, 0) is 29.1 Å². The van der Waals surface area contributed by atoms with E-state index >= 15 is 0 Å². The quantitative estimate of drug-likeness (QED) is 0.862. The lowest BCUT2D eigenvalue weighted by Gasteiger charge is -2.08. The maximum Gasteiger partial charge on any atom is 0.124 e. The van der Waals surface area contributed by atoms with Crippen molar-refractivity contribution in [2.24, 2.45) is 0 Å². The minimum Gasteiger partial charge on any atom is -0.382 e. The summed E-state index contributed by atoms with van der Waals surface area (Å²) in [6.45, 7) is 2.09. The van der Waals surface area contributed by atoms with Crippen LogP contribution in [0.15, 0.2) is 29.6 Å². The predicted molar refractivity (Wildman–Crippen MR) is 59.8 cm³/mol. The van der Waals surface area contributed by atoms with Crippen molar-refractivity contribution in [3.8, 4) is 0 Å². The van der Waals surface area contributed by atoms with Gasteiger partial charge < -0.3 is 5.11 Å². The van der Waals surface area contributed by atoms with Crippen LogP contribution in [0.2, 0.25) is 0 Å². The second kappa shape index (κ2) is 4.51. The molecule has 15 heavy (non-hydrogen) atoms. The van der Waals surface area contributed by atoms with Crippen molar-refractivity contribution in [2.75, 3.05) is 0 Å². The monoisotopic (exact) mass is 220 g/mol. The fourth-order valence-corrected chi connectivity index (χ4v) is 1.92. The van der Waals surface area contributed by atoms with E-state index in [9.17, 15) is 5.11 Å². The first-order valence-corrected chi connectivity index (χ1v) is 5.68. The van der Waals surface area contributed by atoms with Crippen LogP contribution < -0.4 is 0 Å². The molecule has 0 amide bonds. The molecule has 4 heteroatoms. The van der Waals surface area contributed by atoms with Crippen LogP contribution in [-0.4, -0.2) is 14.7 Å². The smallest absolute Gasteiger partial charge is 0.124 e. The Hall–Kier alpha value is -1.26. The first-order valence-electron chi connectivity index (χ1n) is 4.85. The van der Waals surface area contributed by atoms with E-state index in [1.807, 2.05) is 18.2 Å². The van der Waals surface area contributed by atoms with Crippen LogP contribution in [0.25, 0.3) is 0 Å². The van der Waals surface area contributed by atoms with E-state index < -0.39 is 6.10 Å². The molecule has 0 spiro atoms. The van der Waals surface area contributed by atoms with Gasteiger partial charge in [-0.3, -0.25) is 0 Å². The molecule has 0 saturated carbocycles. The van der Waals surface area contributed by atoms with Gasteiger partial charge in [0.05, 0.1) is 0 Å². The summed E-state index contributed by atoms with van der Waals surface area (Å²) in [6.07, 6.45) is 0.311. The van der Waals surface area contributed by atoms with Gasteiger partial charge in [-0.15, -0.1) is 5.10 Å². The van der Waals surface area contributed by atoms with E-state index in [1.54, 1.807) is 5.38 Å². The van der Waals surface area contributed by atoms with Gasteiger partial charge in [0.25, 0.3) is 0 Å². The highest BCUT2D eigenvalue weighted by Gasteiger charge is 2.12. The molecule has 2 aromatic rings. The van der Waals surface area contributed by atoms with E-state index in [0.717, 1.165) is 12.0 Å². The van der Waals surface area contributed by atoms with Crippen molar-refractivity contribution in [1.82, 2.24) is 9.59 Å². The average molecular weight is 220 g/mol. The lowest BCUT2D eigenvalue weighted by Crippen LogP contribution is -2.00. The second-order valence-electron chi connectivity index (χ2n) is 3.33. The number of aliphatic hydroxyl groups is 1. The van der Waals surface area contributed by atoms with Crippen molar-refractivity contribution < 1.29 is 5.11 Å². The zero-order chi connectivity index (χ0) is 10.7. The normalized spacial score (nSPS) is 12.7. The number of hydrogen-bond acceptors (Lipinski definition) is 4. The number of rotatable bonds is 3. The topological polar surface area (TPSA) is 46.0 Å². The largest absolute Gasteiger partial charge is 0.382 e. The van der Waals surface area contributed by atoms with Crippen LogP contribution in [-0.2, 0) is 6.42 Å². The standard InChI is InChI=1S/C11H12N2OS/c1-2-8-4-3-5-9(6-8)11(14)10-7-15-13-12-10/h3-7,11,14H,2H2,1H3. The highest BCUT2D eigenvalue weighted by atomic mass is 32.1. The van der Waals surface area contributed by atoms with Gasteiger partial charge in [0.2, 0.25) is 0 Å². The molecule has 0 aliphatic rings. The third kappa shape index (κ3) is 2.22. The van der Waals surface area contributed by atoms with Gasteiger partial charge in [0.15, 0.2) is 0 Å². The molecule has 1 atom stereocenters. The van der Waals surface area contributed by atoms with Crippen molar-refractivity contribution in [3.05, 3.63) is 46.5 Å². The van der Waals surface area contributed by atoms with Crippen LogP contribution in [0, 0.1) is 0 Å². The molecular formula is C11H12N2OS. The zero-order valence-electron chi connectivity index (χ0n) is 8.42. The maximum atomic E-state index is 10.0. The number of hydrogen-bond donors (Lipinski definition) is 1. The number of aryl methyl sites for hydroxylation is 1. The van der Waals surface area contributed by atoms with Gasteiger partial charge in [0, 0.05) is 5.38 Å². The molecule has 2 rings (SSSR count). The van der Waals surface area contributed by atoms with Crippen LogP contribution in [0.5, 0.6) is 0 Å². The molecule has 0 aliphatic carbocycles. The van der Waals surface area contributed by atoms with Gasteiger partial charge in [0.1, 0.15) is 11.8 Å². The highest BCUT2D eigenvalue weighted by Crippen LogP contribution is 2.21. The van der Waals surface area contributed by atoms with Gasteiger partial charge >= 0.3 is 0 Å². The fourth-order valence-electron chi connectivity index (χ4n) is 1.44. The summed E-state index contributed by atoms with van der Waals surface area (Å²) in [6, 6.07) is 7.92. The Morgan fingerprint density at radius 1 is 1.47 bits per heavy atom. The van der Waals surface area contributed by atoms with E-state index in [1.165, 1.54) is 17.1 Å². The molecule has 3 nitrogen and oxygen atoms in total. The minimum absolute atomic E-state index is 0.619. The number of aliphatic hydroxyl groups excluding tert-OH is 1. The Balaban J connectivity index is 2.29. The summed E-state index contributed by atoms with van der Waals surface area (Å²) in [5.74, 6) is 0. The van der Waals surface area contributed by atoms with E-state index in [0.29, 0.717) is 5.69 Å². The van der Waals surface area contributed by atoms with Crippen molar-refractivity contribution >= 4 is 11.5 Å². The third-order valence-electron chi connectivity index (χ3n) is 2.33. The summed E-state index contributed by atoms with van der Waals surface area (Å²) in [5, 5.41) is 15.6. The summed E-state index contributed by atoms with van der Waals surface area (Å²) in [5.41, 5.74) is 2.71. The SMILES string of the molecule is CCc1cccc(C(O)c2csnn2)c1. The molecule has 1 aromatic carbocycles. The molecule has 0 radical (unpaired) electrons. The van der Waals surface area contributed by atoms with Gasteiger partial charge in [-0.1, -0.05) is 35.7 Å². The number of nitrogens with zero attached hydrogens (tertiary/aromatic N) is 2. The summed E-state index contributed by atoms with van der Waals surface area (Å²) < 4.78 is 3.74. The Morgan fingerprint density at radius 2 is 2.33 bits per heavy atom. The Kier molecular flexibility index (Phi) is 3.08. The third-order valence-corrected chi connectivity index (χ3v) is 2.85. The van der Waals surface area contributed by atoms with E-state index in [4.69, 9.17) is 0 Å². The first-order chi connectivity index (χ1) is 7.31. The molecule has 1 heterocycles. The Morgan fingerprint density at radius 3 is 3.00 bits per heavy atom. The van der Waals surface area contributed by atoms with Crippen molar-refractivity contribution in [1.29, 1.82) is 0 Å². The maximum absolute atomic E-state index is 10.0. The summed E-state index contributed by atoms with van der Waals surface area (Å²) in [4.78, 5) is 0. The van der Waals surface area contributed by atoms with Crippen molar-refractivity contribution in [3.63, 3.8) is 0 Å². The van der Waals surface area contributed by atoms with Crippen LogP contribution in [0.3, 0.4) is 0 Å². The molecule has 0 saturated heterocycles. The van der Waals surface area contributed by atoms with Crippen LogP contribution in [0.4, 0.5) is 0 Å². The second-order valence-corrected chi connectivity index (χ2v) is 3.94. The first kappa shape index (κ1) is 10.3. The Labute approximate surface area is 92.6 Å².